The largest absolute Gasteiger partial charge is 3.00 e. The van der Waals surface area contributed by atoms with Crippen molar-refractivity contribution in [3.63, 3.8) is 0 Å². The van der Waals surface area contributed by atoms with E-state index in [0.29, 0.717) is 17.2 Å². The molecule has 0 atom stereocenters. The Balaban J connectivity index is 0.000000399. The van der Waals surface area contributed by atoms with Crippen LogP contribution in [0.3, 0.4) is 0 Å². The first-order valence-electron chi connectivity index (χ1n) is 9.55. The molecular weight excluding hydrogens is 598 g/mol. The van der Waals surface area contributed by atoms with E-state index in [1.165, 1.54) is 6.07 Å². The Morgan fingerprint density at radius 3 is 1.53 bits per heavy atom. The first-order valence-corrected chi connectivity index (χ1v) is 11.1. The Bertz CT molecular complexity index is 1190. The molecule has 2 aromatic heterocycles. The zero-order valence-electron chi connectivity index (χ0n) is 19.0. The van der Waals surface area contributed by atoms with Gasteiger partial charge in [0.15, 0.2) is 11.6 Å². The van der Waals surface area contributed by atoms with Gasteiger partial charge in [-0.2, -0.15) is 0 Å². The van der Waals surface area contributed by atoms with Crippen molar-refractivity contribution in [1.29, 1.82) is 0 Å². The Morgan fingerprint density at radius 2 is 1.19 bits per heavy atom. The Morgan fingerprint density at radius 1 is 0.778 bits per heavy atom. The third kappa shape index (κ3) is 5.56. The summed E-state index contributed by atoms with van der Waals surface area (Å²) in [4.78, 5) is 8.84. The number of ether oxygens (including phenoxy) is 1. The minimum absolute atomic E-state index is 0. The van der Waals surface area contributed by atoms with Crippen molar-refractivity contribution in [2.45, 2.75) is 5.60 Å². The van der Waals surface area contributed by atoms with Crippen molar-refractivity contribution in [1.82, 2.24) is 19.1 Å². The van der Waals surface area contributed by atoms with Crippen LogP contribution in [-0.4, -0.2) is 26.2 Å². The molecule has 0 aliphatic heterocycles. The van der Waals surface area contributed by atoms with Crippen LogP contribution in [0.2, 0.25) is 20.1 Å². The molecule has 3 N–H and O–H groups in total. The van der Waals surface area contributed by atoms with Gasteiger partial charge in [-0.25, -0.2) is 9.97 Å². The molecule has 4 aromatic rings. The number of benzene rings is 2. The molecule has 0 unspecified atom stereocenters. The molecule has 0 saturated heterocycles. The van der Waals surface area contributed by atoms with Gasteiger partial charge in [0, 0.05) is 46.0 Å². The maximum Gasteiger partial charge on any atom is 3.00 e. The Hall–Kier alpha value is -2.14. The van der Waals surface area contributed by atoms with Crippen LogP contribution in [0.5, 0.6) is 17.2 Å². The topological polar surface area (TPSA) is 147 Å². The van der Waals surface area contributed by atoms with E-state index in [1.54, 1.807) is 31.6 Å². The number of aryl methyl sites for hydroxylation is 2. The maximum absolute atomic E-state index is 12.5. The van der Waals surface area contributed by atoms with Crippen LogP contribution >= 0.6 is 46.4 Å². The van der Waals surface area contributed by atoms with Crippen molar-refractivity contribution >= 4 is 46.4 Å². The number of halogens is 4. The molecule has 1 radical (unpaired) electrons. The standard InChI is InChI=1S/C16H18N4O2.C6H2Cl4O2.Fe.H2O/c1-19-10-8-17-14(19)16(22-3,15-18-9-11-20(15)2)12-6-4-5-7-13(12)21;7-1-2(8)4(10)6(12)5(11)3(1)9;;/h4-11,21H,1-3H3;11-12H;;1H2/q;;+3;/p-2. The predicted molar refractivity (Wildman–Crippen MR) is 129 cm³/mol. The molecule has 0 amide bonds. The van der Waals surface area contributed by atoms with Crippen LogP contribution in [0, 0.1) is 0 Å². The summed E-state index contributed by atoms with van der Waals surface area (Å²) in [6.07, 6.45) is 7.00. The molecular formula is C22H20Cl4FeN4O5+. The first kappa shape index (κ1) is 31.9. The molecule has 193 valence electrons. The molecule has 14 heteroatoms. The number of methoxy groups -OCH3 is 1. The molecule has 0 spiro atoms. The van der Waals surface area contributed by atoms with E-state index in [2.05, 4.69) is 9.97 Å². The number of para-hydroxylation sites is 1. The van der Waals surface area contributed by atoms with E-state index >= 15 is 0 Å². The fraction of sp³-hybridized carbons (Fsp3) is 0.182. The van der Waals surface area contributed by atoms with Gasteiger partial charge in [-0.1, -0.05) is 82.2 Å². The Labute approximate surface area is 237 Å². The van der Waals surface area contributed by atoms with Gasteiger partial charge in [0.1, 0.15) is 0 Å². The van der Waals surface area contributed by atoms with E-state index in [0.717, 1.165) is 0 Å². The number of aromatic nitrogens is 4. The normalized spacial score (nSPS) is 10.6. The molecule has 2 aromatic carbocycles. The van der Waals surface area contributed by atoms with Crippen molar-refractivity contribution in [3.8, 4) is 17.2 Å². The average molecular weight is 618 g/mol. The second-order valence-corrected chi connectivity index (χ2v) is 8.53. The van der Waals surface area contributed by atoms with Crippen LogP contribution in [0.1, 0.15) is 17.2 Å². The minimum atomic E-state index is -1.16. The van der Waals surface area contributed by atoms with Crippen LogP contribution in [0.25, 0.3) is 0 Å². The summed E-state index contributed by atoms with van der Waals surface area (Å²) in [5.74, 6) is -0.775. The second-order valence-electron chi connectivity index (χ2n) is 7.02. The third-order valence-electron chi connectivity index (χ3n) is 5.03. The van der Waals surface area contributed by atoms with E-state index < -0.39 is 27.1 Å². The molecule has 0 aliphatic rings. The van der Waals surface area contributed by atoms with E-state index in [1.807, 2.05) is 41.7 Å². The summed E-state index contributed by atoms with van der Waals surface area (Å²) in [6.45, 7) is 0. The van der Waals surface area contributed by atoms with Gasteiger partial charge in [0.25, 0.3) is 0 Å². The van der Waals surface area contributed by atoms with Crippen LogP contribution in [0.4, 0.5) is 0 Å². The van der Waals surface area contributed by atoms with Gasteiger partial charge in [-0.15, -0.1) is 5.75 Å². The van der Waals surface area contributed by atoms with Crippen LogP contribution < -0.4 is 15.3 Å². The van der Waals surface area contributed by atoms with Crippen LogP contribution in [-0.2, 0) is 47.0 Å². The number of hydrogen-bond acceptors (Lipinski definition) is 6. The molecule has 0 aliphatic carbocycles. The Kier molecular flexibility index (Phi) is 11.4. The van der Waals surface area contributed by atoms with Gasteiger partial charge in [0.2, 0.25) is 5.60 Å². The summed E-state index contributed by atoms with van der Waals surface area (Å²) in [5, 5.41) is 33.1. The van der Waals surface area contributed by atoms with Crippen LogP contribution in [0.15, 0.2) is 49.1 Å². The SMILES string of the molecule is COC(c1ccccc1[O-])(c1nccn1C)c1nccn1C.[Fe+3].[O-]c1c([O-])c(Cl)c(Cl)c(Cl)c1Cl.[OH3+]. The first-order chi connectivity index (χ1) is 16.1. The number of nitrogens with zero attached hydrogens (tertiary/aromatic N) is 4. The molecule has 0 fully saturated rings. The number of imidazole rings is 2. The van der Waals surface area contributed by atoms with E-state index in [9.17, 15) is 15.3 Å². The van der Waals surface area contributed by atoms with E-state index in [4.69, 9.17) is 51.1 Å². The molecule has 2 heterocycles. The maximum atomic E-state index is 12.5. The zero-order valence-corrected chi connectivity index (χ0v) is 23.1. The third-order valence-corrected chi connectivity index (χ3v) is 6.80. The van der Waals surface area contributed by atoms with Crippen molar-refractivity contribution in [2.24, 2.45) is 14.1 Å². The summed E-state index contributed by atoms with van der Waals surface area (Å²) < 4.78 is 9.56. The molecule has 0 bridgehead atoms. The molecule has 9 nitrogen and oxygen atoms in total. The fourth-order valence-corrected chi connectivity index (χ4v) is 4.21. The van der Waals surface area contributed by atoms with Crippen molar-refractivity contribution < 1.29 is 42.6 Å². The van der Waals surface area contributed by atoms with E-state index in [-0.39, 0.29) is 38.3 Å². The van der Waals surface area contributed by atoms with Gasteiger partial charge in [-0.3, -0.25) is 0 Å². The van der Waals surface area contributed by atoms with Crippen molar-refractivity contribution in [3.05, 3.63) is 86.4 Å². The molecule has 4 rings (SSSR count). The summed E-state index contributed by atoms with van der Waals surface area (Å²) >= 11 is 21.7. The zero-order chi connectivity index (χ0) is 25.2. The van der Waals surface area contributed by atoms with Gasteiger partial charge >= 0.3 is 17.1 Å². The number of hydrogen-bond donors (Lipinski definition) is 0. The summed E-state index contributed by atoms with van der Waals surface area (Å²) in [6, 6.07) is 6.81. The second kappa shape index (κ2) is 12.9. The monoisotopic (exact) mass is 616 g/mol. The summed E-state index contributed by atoms with van der Waals surface area (Å²) in [7, 11) is 5.30. The van der Waals surface area contributed by atoms with Gasteiger partial charge in [0.05, 0.1) is 20.1 Å². The fourth-order valence-electron chi connectivity index (χ4n) is 3.39. The molecule has 0 saturated carbocycles. The predicted octanol–water partition coefficient (Wildman–Crippen LogP) is 2.69. The molecule has 36 heavy (non-hydrogen) atoms. The van der Waals surface area contributed by atoms with Crippen molar-refractivity contribution in [2.75, 3.05) is 7.11 Å². The van der Waals surface area contributed by atoms with Gasteiger partial charge < -0.3 is 34.7 Å². The average Bonchev–Trinajstić information content (AvgIpc) is 3.46. The quantitative estimate of drug-likeness (QED) is 0.149. The van der Waals surface area contributed by atoms with Gasteiger partial charge in [-0.05, 0) is 5.56 Å². The summed E-state index contributed by atoms with van der Waals surface area (Å²) in [5.41, 5.74) is -0.671. The smallest absolute Gasteiger partial charge is 0.872 e. The minimum Gasteiger partial charge on any atom is -0.872 e. The number of rotatable bonds is 4.